The molecule has 8 heteroatoms. The average molecular weight is 365 g/mol. The lowest BCUT2D eigenvalue weighted by Crippen LogP contribution is -2.13. The van der Waals surface area contributed by atoms with Crippen LogP contribution in [0.15, 0.2) is 62.6 Å². The van der Waals surface area contributed by atoms with Gasteiger partial charge in [0, 0.05) is 10.6 Å². The van der Waals surface area contributed by atoms with Gasteiger partial charge in [0.2, 0.25) is 10.0 Å². The molecular formula is C16H13ClN2O4S. The fourth-order valence-corrected chi connectivity index (χ4v) is 3.07. The molecule has 24 heavy (non-hydrogen) atoms. The van der Waals surface area contributed by atoms with Crippen molar-refractivity contribution in [3.8, 4) is 16.9 Å². The fourth-order valence-electron chi connectivity index (χ4n) is 2.43. The number of halogens is 1. The van der Waals surface area contributed by atoms with Crippen molar-refractivity contribution in [3.05, 3.63) is 69.9 Å². The van der Waals surface area contributed by atoms with E-state index >= 15 is 0 Å². The molecule has 0 unspecified atom stereocenters. The maximum Gasteiger partial charge on any atom is 0.424 e. The topological polar surface area (TPSA) is 95.3 Å². The Morgan fingerprint density at radius 3 is 2.17 bits per heavy atom. The van der Waals surface area contributed by atoms with Crippen LogP contribution >= 0.6 is 11.6 Å². The minimum atomic E-state index is -3.78. The molecule has 124 valence electrons. The Morgan fingerprint density at radius 1 is 1.04 bits per heavy atom. The number of benzene rings is 2. The average Bonchev–Trinajstić information content (AvgIpc) is 2.82. The SMILES string of the molecule is Cc1oc(=O)n(-c2ccc(Cl)cc2)c1-c1ccc(S(N)(=O)=O)cc1. The number of aromatic nitrogens is 1. The Kier molecular flexibility index (Phi) is 4.08. The van der Waals surface area contributed by atoms with Gasteiger partial charge >= 0.3 is 5.76 Å². The molecule has 0 saturated carbocycles. The number of aryl methyl sites for hydroxylation is 1. The third kappa shape index (κ3) is 3.01. The summed E-state index contributed by atoms with van der Waals surface area (Å²) in [7, 11) is -3.78. The maximum atomic E-state index is 12.2. The molecular weight excluding hydrogens is 352 g/mol. The van der Waals surface area contributed by atoms with Crippen molar-refractivity contribution in [2.75, 3.05) is 0 Å². The highest BCUT2D eigenvalue weighted by Crippen LogP contribution is 2.27. The number of primary sulfonamides is 1. The van der Waals surface area contributed by atoms with Crippen LogP contribution in [0.4, 0.5) is 0 Å². The van der Waals surface area contributed by atoms with Crippen molar-refractivity contribution >= 4 is 21.6 Å². The zero-order chi connectivity index (χ0) is 17.5. The second-order valence-corrected chi connectivity index (χ2v) is 7.15. The van der Waals surface area contributed by atoms with E-state index in [-0.39, 0.29) is 4.90 Å². The Bertz CT molecular complexity index is 1050. The summed E-state index contributed by atoms with van der Waals surface area (Å²) in [4.78, 5) is 12.2. The van der Waals surface area contributed by atoms with E-state index < -0.39 is 15.8 Å². The van der Waals surface area contributed by atoms with E-state index in [1.165, 1.54) is 16.7 Å². The lowest BCUT2D eigenvalue weighted by Gasteiger charge is -2.08. The predicted octanol–water partition coefficient (Wildman–Crippen LogP) is 2.71. The van der Waals surface area contributed by atoms with E-state index in [4.69, 9.17) is 21.2 Å². The zero-order valence-electron chi connectivity index (χ0n) is 12.6. The van der Waals surface area contributed by atoms with E-state index in [0.717, 1.165) is 0 Å². The number of oxazole rings is 1. The quantitative estimate of drug-likeness (QED) is 0.772. The van der Waals surface area contributed by atoms with Crippen LogP contribution in [0.5, 0.6) is 0 Å². The number of hydrogen-bond acceptors (Lipinski definition) is 4. The van der Waals surface area contributed by atoms with Crippen molar-refractivity contribution in [2.45, 2.75) is 11.8 Å². The molecule has 6 nitrogen and oxygen atoms in total. The van der Waals surface area contributed by atoms with Gasteiger partial charge in [-0.2, -0.15) is 0 Å². The molecule has 0 amide bonds. The molecule has 0 spiro atoms. The van der Waals surface area contributed by atoms with Gasteiger partial charge in [-0.1, -0.05) is 23.7 Å². The molecule has 2 aromatic carbocycles. The van der Waals surface area contributed by atoms with Crippen LogP contribution in [-0.4, -0.2) is 13.0 Å². The minimum Gasteiger partial charge on any atom is -0.412 e. The Labute approximate surface area is 143 Å². The van der Waals surface area contributed by atoms with Crippen LogP contribution in [0.1, 0.15) is 5.76 Å². The van der Waals surface area contributed by atoms with Gasteiger partial charge in [0.25, 0.3) is 0 Å². The molecule has 0 fully saturated rings. The van der Waals surface area contributed by atoms with Gasteiger partial charge < -0.3 is 4.42 Å². The number of sulfonamides is 1. The summed E-state index contributed by atoms with van der Waals surface area (Å²) in [5, 5.41) is 5.65. The normalized spacial score (nSPS) is 11.6. The third-order valence-electron chi connectivity index (χ3n) is 3.52. The van der Waals surface area contributed by atoms with Gasteiger partial charge in [0.15, 0.2) is 0 Å². The first-order valence-electron chi connectivity index (χ1n) is 6.89. The van der Waals surface area contributed by atoms with Crippen molar-refractivity contribution in [1.82, 2.24) is 4.57 Å². The van der Waals surface area contributed by atoms with Crippen LogP contribution in [0.25, 0.3) is 16.9 Å². The first kappa shape index (κ1) is 16.5. The van der Waals surface area contributed by atoms with Crippen LogP contribution in [0.3, 0.4) is 0 Å². The number of hydrogen-bond donors (Lipinski definition) is 1. The van der Waals surface area contributed by atoms with Crippen molar-refractivity contribution in [3.63, 3.8) is 0 Å². The smallest absolute Gasteiger partial charge is 0.412 e. The molecule has 1 heterocycles. The van der Waals surface area contributed by atoms with Crippen LogP contribution in [0, 0.1) is 6.92 Å². The predicted molar refractivity (Wildman–Crippen MR) is 90.9 cm³/mol. The van der Waals surface area contributed by atoms with E-state index in [9.17, 15) is 13.2 Å². The summed E-state index contributed by atoms with van der Waals surface area (Å²) in [6.07, 6.45) is 0. The molecule has 0 aliphatic heterocycles. The molecule has 0 bridgehead atoms. The highest BCUT2D eigenvalue weighted by molar-refractivity contribution is 7.89. The lowest BCUT2D eigenvalue weighted by atomic mass is 10.1. The van der Waals surface area contributed by atoms with E-state index in [2.05, 4.69) is 0 Å². The Morgan fingerprint density at radius 2 is 1.62 bits per heavy atom. The molecule has 2 N–H and O–H groups in total. The summed E-state index contributed by atoms with van der Waals surface area (Å²) in [6, 6.07) is 12.6. The van der Waals surface area contributed by atoms with Gasteiger partial charge in [0.05, 0.1) is 16.3 Å². The zero-order valence-corrected chi connectivity index (χ0v) is 14.1. The molecule has 0 radical (unpaired) electrons. The standard InChI is InChI=1S/C16H13ClN2O4S/c1-10-15(11-2-8-14(9-3-11)24(18,21)22)19(16(20)23-10)13-6-4-12(17)5-7-13/h2-9H,1H3,(H2,18,21,22). The second kappa shape index (κ2) is 5.94. The molecule has 1 aromatic heterocycles. The molecule has 0 saturated heterocycles. The van der Waals surface area contributed by atoms with Gasteiger partial charge in [0.1, 0.15) is 5.76 Å². The number of rotatable bonds is 3. The first-order chi connectivity index (χ1) is 11.3. The van der Waals surface area contributed by atoms with Crippen LogP contribution < -0.4 is 10.9 Å². The highest BCUT2D eigenvalue weighted by atomic mass is 35.5. The summed E-state index contributed by atoms with van der Waals surface area (Å²) in [5.41, 5.74) is 1.75. The van der Waals surface area contributed by atoms with Crippen molar-refractivity contribution in [1.29, 1.82) is 0 Å². The van der Waals surface area contributed by atoms with E-state index in [0.29, 0.717) is 27.7 Å². The number of nitrogens with two attached hydrogens (primary N) is 1. The first-order valence-corrected chi connectivity index (χ1v) is 8.81. The van der Waals surface area contributed by atoms with Crippen molar-refractivity contribution < 1.29 is 12.8 Å². The van der Waals surface area contributed by atoms with Crippen LogP contribution in [0.2, 0.25) is 5.02 Å². The highest BCUT2D eigenvalue weighted by Gasteiger charge is 2.18. The maximum absolute atomic E-state index is 12.2. The molecule has 0 aliphatic rings. The summed E-state index contributed by atoms with van der Waals surface area (Å²) >= 11 is 5.88. The van der Waals surface area contributed by atoms with Crippen molar-refractivity contribution in [2.24, 2.45) is 5.14 Å². The van der Waals surface area contributed by atoms with Gasteiger partial charge in [-0.25, -0.2) is 22.9 Å². The minimum absolute atomic E-state index is 0.00668. The summed E-state index contributed by atoms with van der Waals surface area (Å²) in [6.45, 7) is 1.66. The largest absolute Gasteiger partial charge is 0.424 e. The van der Waals surface area contributed by atoms with Gasteiger partial charge in [-0.05, 0) is 43.3 Å². The summed E-state index contributed by atoms with van der Waals surface area (Å²) < 4.78 is 29.3. The Hall–Kier alpha value is -2.35. The molecule has 3 aromatic rings. The third-order valence-corrected chi connectivity index (χ3v) is 4.70. The van der Waals surface area contributed by atoms with E-state index in [1.807, 2.05) is 0 Å². The van der Waals surface area contributed by atoms with E-state index in [1.54, 1.807) is 43.3 Å². The van der Waals surface area contributed by atoms with Gasteiger partial charge in [-0.15, -0.1) is 0 Å². The molecule has 3 rings (SSSR count). The Balaban J connectivity index is 2.18. The summed E-state index contributed by atoms with van der Waals surface area (Å²) in [5.74, 6) is -0.126. The van der Waals surface area contributed by atoms with Gasteiger partial charge in [-0.3, -0.25) is 0 Å². The lowest BCUT2D eigenvalue weighted by molar-refractivity contribution is 0.479. The molecule has 0 aliphatic carbocycles. The molecule has 0 atom stereocenters. The number of nitrogens with zero attached hydrogens (tertiary/aromatic N) is 1. The van der Waals surface area contributed by atoms with Crippen LogP contribution in [-0.2, 0) is 10.0 Å². The fraction of sp³-hybridized carbons (Fsp3) is 0.0625. The monoisotopic (exact) mass is 364 g/mol. The second-order valence-electron chi connectivity index (χ2n) is 5.15.